The Hall–Kier alpha value is 0.137. The standard InChI is InChI=1S/C6H15NOSi/c8-6(4-9)5-2-1-3-7-5/h5-8H,1-4H2,9H3/t5-,6+/m1/s1. The van der Waals surface area contributed by atoms with Gasteiger partial charge in [0.25, 0.3) is 0 Å². The van der Waals surface area contributed by atoms with Gasteiger partial charge in [-0.25, -0.2) is 0 Å². The minimum atomic E-state index is -0.0563. The minimum Gasteiger partial charge on any atom is -0.392 e. The van der Waals surface area contributed by atoms with Gasteiger partial charge in [-0.15, -0.1) is 0 Å². The first kappa shape index (κ1) is 7.25. The number of hydrogen-bond acceptors (Lipinski definition) is 2. The van der Waals surface area contributed by atoms with Gasteiger partial charge in [0.05, 0.1) is 6.10 Å². The molecule has 3 heteroatoms. The molecule has 1 aliphatic heterocycles. The summed E-state index contributed by atoms with van der Waals surface area (Å²) in [7, 11) is 1.12. The van der Waals surface area contributed by atoms with Crippen molar-refractivity contribution in [3.8, 4) is 0 Å². The lowest BCUT2D eigenvalue weighted by Gasteiger charge is -2.15. The fourth-order valence-electron chi connectivity index (χ4n) is 1.32. The highest BCUT2D eigenvalue weighted by Gasteiger charge is 2.20. The van der Waals surface area contributed by atoms with Crippen LogP contribution in [-0.4, -0.2) is 34.0 Å². The van der Waals surface area contributed by atoms with Crippen molar-refractivity contribution in [2.75, 3.05) is 6.54 Å². The van der Waals surface area contributed by atoms with Gasteiger partial charge < -0.3 is 10.4 Å². The van der Waals surface area contributed by atoms with E-state index in [1.165, 1.54) is 12.8 Å². The number of nitrogens with one attached hydrogen (secondary N) is 1. The van der Waals surface area contributed by atoms with Crippen LogP contribution in [0.2, 0.25) is 6.04 Å². The second-order valence-corrected chi connectivity index (χ2v) is 3.49. The molecule has 0 saturated carbocycles. The summed E-state index contributed by atoms with van der Waals surface area (Å²) in [6.45, 7) is 1.10. The van der Waals surface area contributed by atoms with Crippen LogP contribution in [0.15, 0.2) is 0 Å². The van der Waals surface area contributed by atoms with Crippen LogP contribution < -0.4 is 5.32 Å². The van der Waals surface area contributed by atoms with Crippen molar-refractivity contribution in [2.24, 2.45) is 0 Å². The van der Waals surface area contributed by atoms with Crippen molar-refractivity contribution in [1.29, 1.82) is 0 Å². The molecule has 2 nitrogen and oxygen atoms in total. The summed E-state index contributed by atoms with van der Waals surface area (Å²) >= 11 is 0. The van der Waals surface area contributed by atoms with Gasteiger partial charge in [0.1, 0.15) is 0 Å². The van der Waals surface area contributed by atoms with Gasteiger partial charge in [0, 0.05) is 16.3 Å². The van der Waals surface area contributed by atoms with Crippen LogP contribution in [0, 0.1) is 0 Å². The van der Waals surface area contributed by atoms with Crippen LogP contribution in [0.4, 0.5) is 0 Å². The van der Waals surface area contributed by atoms with Crippen LogP contribution in [0.3, 0.4) is 0 Å². The van der Waals surface area contributed by atoms with Gasteiger partial charge in [0.15, 0.2) is 0 Å². The molecule has 1 heterocycles. The zero-order valence-electron chi connectivity index (χ0n) is 5.93. The molecule has 1 saturated heterocycles. The zero-order chi connectivity index (χ0) is 6.69. The smallest absolute Gasteiger partial charge is 0.0662 e. The van der Waals surface area contributed by atoms with E-state index >= 15 is 0 Å². The lowest BCUT2D eigenvalue weighted by atomic mass is 10.1. The average Bonchev–Trinajstić information content (AvgIpc) is 2.37. The average molecular weight is 145 g/mol. The maximum Gasteiger partial charge on any atom is 0.0662 e. The molecule has 0 amide bonds. The highest BCUT2D eigenvalue weighted by atomic mass is 28.1. The quantitative estimate of drug-likeness (QED) is 0.483. The third-order valence-electron chi connectivity index (χ3n) is 1.98. The van der Waals surface area contributed by atoms with Crippen molar-refractivity contribution in [3.05, 3.63) is 0 Å². The third kappa shape index (κ3) is 1.78. The Morgan fingerprint density at radius 1 is 1.78 bits per heavy atom. The molecule has 0 aromatic carbocycles. The maximum absolute atomic E-state index is 9.33. The normalized spacial score (nSPS) is 31.0. The summed E-state index contributed by atoms with van der Waals surface area (Å²) in [6.07, 6.45) is 2.35. The second-order valence-electron chi connectivity index (χ2n) is 2.68. The Balaban J connectivity index is 2.24. The Kier molecular flexibility index (Phi) is 2.69. The first-order valence-corrected chi connectivity index (χ1v) is 5.17. The van der Waals surface area contributed by atoms with Gasteiger partial charge >= 0.3 is 0 Å². The van der Waals surface area contributed by atoms with E-state index in [1.807, 2.05) is 0 Å². The molecule has 0 aromatic rings. The van der Waals surface area contributed by atoms with Crippen LogP contribution in [0.1, 0.15) is 12.8 Å². The Bertz CT molecular complexity index is 83.1. The van der Waals surface area contributed by atoms with E-state index in [-0.39, 0.29) is 6.10 Å². The Labute approximate surface area is 59.1 Å². The monoisotopic (exact) mass is 145 g/mol. The van der Waals surface area contributed by atoms with E-state index < -0.39 is 0 Å². The largest absolute Gasteiger partial charge is 0.392 e. The van der Waals surface area contributed by atoms with E-state index in [0.717, 1.165) is 22.8 Å². The van der Waals surface area contributed by atoms with Crippen molar-refractivity contribution < 1.29 is 5.11 Å². The summed E-state index contributed by atoms with van der Waals surface area (Å²) in [5.74, 6) is 0. The lowest BCUT2D eigenvalue weighted by molar-refractivity contribution is 0.155. The van der Waals surface area contributed by atoms with Crippen LogP contribution in [0.5, 0.6) is 0 Å². The molecule has 1 fully saturated rings. The summed E-state index contributed by atoms with van der Waals surface area (Å²) in [5.41, 5.74) is 0. The second kappa shape index (κ2) is 3.34. The van der Waals surface area contributed by atoms with Gasteiger partial charge in [0.2, 0.25) is 0 Å². The van der Waals surface area contributed by atoms with Crippen molar-refractivity contribution in [2.45, 2.75) is 31.0 Å². The lowest BCUT2D eigenvalue weighted by Crippen LogP contribution is -2.34. The zero-order valence-corrected chi connectivity index (χ0v) is 7.93. The minimum absolute atomic E-state index is 0.0563. The molecule has 0 unspecified atom stereocenters. The summed E-state index contributed by atoms with van der Waals surface area (Å²) in [5, 5.41) is 12.6. The van der Waals surface area contributed by atoms with Gasteiger partial charge in [-0.05, 0) is 25.4 Å². The summed E-state index contributed by atoms with van der Waals surface area (Å²) in [4.78, 5) is 0. The molecule has 1 rings (SSSR count). The maximum atomic E-state index is 9.33. The van der Waals surface area contributed by atoms with Crippen LogP contribution in [-0.2, 0) is 0 Å². The van der Waals surface area contributed by atoms with Crippen molar-refractivity contribution >= 4 is 10.2 Å². The molecule has 0 bridgehead atoms. The molecular weight excluding hydrogens is 130 g/mol. The van der Waals surface area contributed by atoms with Crippen LogP contribution >= 0.6 is 0 Å². The van der Waals surface area contributed by atoms with E-state index in [2.05, 4.69) is 5.32 Å². The van der Waals surface area contributed by atoms with E-state index in [9.17, 15) is 5.11 Å². The summed E-state index contributed by atoms with van der Waals surface area (Å²) in [6, 6.07) is 1.43. The molecular formula is C6H15NOSi. The Morgan fingerprint density at radius 2 is 2.56 bits per heavy atom. The predicted molar refractivity (Wildman–Crippen MR) is 41.8 cm³/mol. The highest BCUT2D eigenvalue weighted by Crippen LogP contribution is 2.10. The van der Waals surface area contributed by atoms with Crippen LogP contribution in [0.25, 0.3) is 0 Å². The molecule has 0 aliphatic carbocycles. The predicted octanol–water partition coefficient (Wildman–Crippen LogP) is -1.12. The highest BCUT2D eigenvalue weighted by molar-refractivity contribution is 6.08. The van der Waals surface area contributed by atoms with E-state index in [0.29, 0.717) is 6.04 Å². The van der Waals surface area contributed by atoms with Gasteiger partial charge in [-0.3, -0.25) is 0 Å². The van der Waals surface area contributed by atoms with E-state index in [4.69, 9.17) is 0 Å². The fraction of sp³-hybridized carbons (Fsp3) is 1.00. The molecule has 54 valence electrons. The van der Waals surface area contributed by atoms with Crippen molar-refractivity contribution in [3.63, 3.8) is 0 Å². The van der Waals surface area contributed by atoms with E-state index in [1.54, 1.807) is 0 Å². The molecule has 9 heavy (non-hydrogen) atoms. The first-order chi connectivity index (χ1) is 4.34. The molecule has 0 radical (unpaired) electrons. The Morgan fingerprint density at radius 3 is 3.00 bits per heavy atom. The number of hydrogen-bond donors (Lipinski definition) is 2. The topological polar surface area (TPSA) is 32.3 Å². The molecule has 0 aromatic heterocycles. The van der Waals surface area contributed by atoms with Gasteiger partial charge in [-0.1, -0.05) is 0 Å². The summed E-state index contributed by atoms with van der Waals surface area (Å²) < 4.78 is 0. The third-order valence-corrected chi connectivity index (χ3v) is 2.82. The first-order valence-electron chi connectivity index (χ1n) is 3.76. The van der Waals surface area contributed by atoms with Crippen molar-refractivity contribution in [1.82, 2.24) is 5.32 Å². The number of aliphatic hydroxyl groups excluding tert-OH is 1. The number of rotatable bonds is 2. The molecule has 2 atom stereocenters. The molecule has 0 spiro atoms. The SMILES string of the molecule is O[C@@H](C[SiH3])[C@H]1CCCN1. The van der Waals surface area contributed by atoms with Gasteiger partial charge in [-0.2, -0.15) is 0 Å². The fourth-order valence-corrected chi connectivity index (χ4v) is 1.89. The molecule has 2 N–H and O–H groups in total. The molecule has 1 aliphatic rings. The number of aliphatic hydroxyl groups is 1.